The van der Waals surface area contributed by atoms with Crippen LogP contribution in [-0.4, -0.2) is 34.2 Å². The number of carbonyl (C=O) groups is 3. The Kier molecular flexibility index (Phi) is 5.21. The third-order valence-corrected chi connectivity index (χ3v) is 1.73. The predicted octanol–water partition coefficient (Wildman–Crippen LogP) is 0.670. The van der Waals surface area contributed by atoms with Crippen LogP contribution >= 0.6 is 0 Å². The number of aliphatic carboxylic acids is 2. The first-order chi connectivity index (χ1) is 7.25. The highest BCUT2D eigenvalue weighted by Crippen LogP contribution is 2.15. The van der Waals surface area contributed by atoms with E-state index in [9.17, 15) is 14.4 Å². The topological polar surface area (TPSA) is 101 Å². The van der Waals surface area contributed by atoms with E-state index in [1.54, 1.807) is 13.8 Å². The highest BCUT2D eigenvalue weighted by Gasteiger charge is 2.29. The van der Waals surface area contributed by atoms with Crippen LogP contribution in [0.15, 0.2) is 12.2 Å². The molecule has 0 aromatic carbocycles. The second kappa shape index (κ2) is 5.89. The summed E-state index contributed by atoms with van der Waals surface area (Å²) in [5, 5.41) is 17.3. The normalized spacial score (nSPS) is 11.9. The predicted molar refractivity (Wildman–Crippen MR) is 53.7 cm³/mol. The summed E-state index contributed by atoms with van der Waals surface area (Å²) in [4.78, 5) is 32.4. The van der Waals surface area contributed by atoms with E-state index in [1.165, 1.54) is 0 Å². The van der Waals surface area contributed by atoms with Crippen molar-refractivity contribution in [3.05, 3.63) is 12.2 Å². The lowest BCUT2D eigenvalue weighted by Gasteiger charge is -2.13. The van der Waals surface area contributed by atoms with Crippen molar-refractivity contribution < 1.29 is 29.3 Å². The van der Waals surface area contributed by atoms with Crippen molar-refractivity contribution in [2.24, 2.45) is 5.92 Å². The van der Waals surface area contributed by atoms with Crippen molar-refractivity contribution in [2.75, 3.05) is 0 Å². The molecule has 90 valence electrons. The fourth-order valence-corrected chi connectivity index (χ4v) is 0.986. The SMILES string of the molecule is C=C(C(=O)O)C(CC(=O)OC(C)C)C(=O)O. The third kappa shape index (κ3) is 4.59. The van der Waals surface area contributed by atoms with Gasteiger partial charge in [0.1, 0.15) is 0 Å². The van der Waals surface area contributed by atoms with Crippen LogP contribution < -0.4 is 0 Å². The first kappa shape index (κ1) is 14.2. The Labute approximate surface area is 92.5 Å². The number of hydrogen-bond donors (Lipinski definition) is 2. The van der Waals surface area contributed by atoms with Crippen LogP contribution in [0.1, 0.15) is 20.3 Å². The molecule has 0 aromatic rings. The molecular weight excluding hydrogens is 216 g/mol. The van der Waals surface area contributed by atoms with Crippen LogP contribution in [0.4, 0.5) is 0 Å². The molecule has 1 atom stereocenters. The van der Waals surface area contributed by atoms with E-state index < -0.39 is 35.8 Å². The molecule has 0 saturated heterocycles. The average molecular weight is 230 g/mol. The molecule has 1 unspecified atom stereocenters. The fraction of sp³-hybridized carbons (Fsp3) is 0.500. The zero-order chi connectivity index (χ0) is 12.9. The lowest BCUT2D eigenvalue weighted by atomic mass is 9.97. The Balaban J connectivity index is 4.59. The number of carboxylic acids is 2. The summed E-state index contributed by atoms with van der Waals surface area (Å²) in [6.07, 6.45) is -0.904. The molecule has 0 aromatic heterocycles. The van der Waals surface area contributed by atoms with Crippen molar-refractivity contribution >= 4 is 17.9 Å². The monoisotopic (exact) mass is 230 g/mol. The summed E-state index contributed by atoms with van der Waals surface area (Å²) < 4.78 is 4.72. The molecule has 0 aliphatic heterocycles. The van der Waals surface area contributed by atoms with Gasteiger partial charge < -0.3 is 14.9 Å². The van der Waals surface area contributed by atoms with Gasteiger partial charge in [-0.15, -0.1) is 0 Å². The summed E-state index contributed by atoms with van der Waals surface area (Å²) in [6.45, 7) is 6.34. The van der Waals surface area contributed by atoms with Gasteiger partial charge in [0.05, 0.1) is 18.4 Å². The molecule has 0 spiro atoms. The van der Waals surface area contributed by atoms with Gasteiger partial charge in [-0.05, 0) is 13.8 Å². The van der Waals surface area contributed by atoms with Crippen molar-refractivity contribution in [1.29, 1.82) is 0 Å². The van der Waals surface area contributed by atoms with Gasteiger partial charge >= 0.3 is 17.9 Å². The van der Waals surface area contributed by atoms with Gasteiger partial charge in [-0.25, -0.2) is 4.79 Å². The Morgan fingerprint density at radius 3 is 2.06 bits per heavy atom. The van der Waals surface area contributed by atoms with Crippen LogP contribution in [0.3, 0.4) is 0 Å². The minimum Gasteiger partial charge on any atom is -0.481 e. The van der Waals surface area contributed by atoms with Crippen LogP contribution in [-0.2, 0) is 19.1 Å². The number of rotatable bonds is 6. The first-order valence-corrected chi connectivity index (χ1v) is 4.60. The number of carboxylic acid groups (broad SMARTS) is 2. The van der Waals surface area contributed by atoms with Crippen molar-refractivity contribution in [3.63, 3.8) is 0 Å². The molecule has 2 N–H and O–H groups in total. The van der Waals surface area contributed by atoms with Gasteiger partial charge in [0.25, 0.3) is 0 Å². The van der Waals surface area contributed by atoms with E-state index in [1.807, 2.05) is 0 Å². The van der Waals surface area contributed by atoms with Gasteiger partial charge in [-0.1, -0.05) is 6.58 Å². The average Bonchev–Trinajstić information content (AvgIpc) is 2.11. The molecule has 0 bridgehead atoms. The Hall–Kier alpha value is -1.85. The van der Waals surface area contributed by atoms with Crippen molar-refractivity contribution in [1.82, 2.24) is 0 Å². The van der Waals surface area contributed by atoms with Gasteiger partial charge in [-0.3, -0.25) is 9.59 Å². The first-order valence-electron chi connectivity index (χ1n) is 4.60. The number of ether oxygens (including phenoxy) is 1. The van der Waals surface area contributed by atoms with Crippen molar-refractivity contribution in [3.8, 4) is 0 Å². The largest absolute Gasteiger partial charge is 0.481 e. The molecule has 0 amide bonds. The van der Waals surface area contributed by atoms with Crippen LogP contribution in [0, 0.1) is 5.92 Å². The lowest BCUT2D eigenvalue weighted by Crippen LogP contribution is -2.25. The van der Waals surface area contributed by atoms with Gasteiger partial charge in [0, 0.05) is 5.57 Å². The van der Waals surface area contributed by atoms with Crippen LogP contribution in [0.25, 0.3) is 0 Å². The molecule has 0 radical (unpaired) electrons. The smallest absolute Gasteiger partial charge is 0.331 e. The summed E-state index contributed by atoms with van der Waals surface area (Å²) in [5.41, 5.74) is -0.534. The van der Waals surface area contributed by atoms with E-state index in [4.69, 9.17) is 14.9 Å². The molecule has 0 saturated carbocycles. The Morgan fingerprint density at radius 2 is 1.75 bits per heavy atom. The number of hydrogen-bond acceptors (Lipinski definition) is 4. The highest BCUT2D eigenvalue weighted by molar-refractivity contribution is 5.95. The van der Waals surface area contributed by atoms with E-state index in [-0.39, 0.29) is 6.10 Å². The highest BCUT2D eigenvalue weighted by atomic mass is 16.5. The van der Waals surface area contributed by atoms with Gasteiger partial charge in [0.2, 0.25) is 0 Å². The Morgan fingerprint density at radius 1 is 1.25 bits per heavy atom. The number of esters is 1. The molecule has 0 heterocycles. The molecule has 16 heavy (non-hydrogen) atoms. The third-order valence-electron chi connectivity index (χ3n) is 1.73. The molecule has 6 heteroatoms. The van der Waals surface area contributed by atoms with Crippen LogP contribution in [0.5, 0.6) is 0 Å². The molecule has 0 fully saturated rings. The minimum absolute atomic E-state index is 0.375. The molecule has 6 nitrogen and oxygen atoms in total. The Bertz CT molecular complexity index is 317. The van der Waals surface area contributed by atoms with E-state index >= 15 is 0 Å². The quantitative estimate of drug-likeness (QED) is 0.513. The van der Waals surface area contributed by atoms with E-state index in [0.29, 0.717) is 0 Å². The molecule has 0 aliphatic carbocycles. The summed E-state index contributed by atoms with van der Waals surface area (Å²) in [6, 6.07) is 0. The standard InChI is InChI=1S/C10H14O6/c1-5(2)16-8(11)4-7(10(14)15)6(3)9(12)13/h5,7H,3-4H2,1-2H3,(H,12,13)(H,14,15). The van der Waals surface area contributed by atoms with Crippen LogP contribution in [0.2, 0.25) is 0 Å². The second-order valence-electron chi connectivity index (χ2n) is 3.46. The fourth-order valence-electron chi connectivity index (χ4n) is 0.986. The maximum atomic E-state index is 11.2. The maximum Gasteiger partial charge on any atom is 0.331 e. The molecular formula is C10H14O6. The maximum absolute atomic E-state index is 11.2. The summed E-state index contributed by atoms with van der Waals surface area (Å²) in [7, 11) is 0. The zero-order valence-corrected chi connectivity index (χ0v) is 9.10. The molecule has 0 rings (SSSR count). The molecule has 0 aliphatic rings. The zero-order valence-electron chi connectivity index (χ0n) is 9.10. The summed E-state index contributed by atoms with van der Waals surface area (Å²) >= 11 is 0. The number of carbonyl (C=O) groups excluding carboxylic acids is 1. The lowest BCUT2D eigenvalue weighted by molar-refractivity contribution is -0.153. The second-order valence-corrected chi connectivity index (χ2v) is 3.46. The minimum atomic E-state index is -1.45. The van der Waals surface area contributed by atoms with Gasteiger partial charge in [-0.2, -0.15) is 0 Å². The summed E-state index contributed by atoms with van der Waals surface area (Å²) in [5.74, 6) is -5.06. The van der Waals surface area contributed by atoms with Gasteiger partial charge in [0.15, 0.2) is 0 Å². The van der Waals surface area contributed by atoms with Crippen molar-refractivity contribution in [2.45, 2.75) is 26.4 Å². The van der Waals surface area contributed by atoms with E-state index in [0.717, 1.165) is 0 Å². The van der Waals surface area contributed by atoms with E-state index in [2.05, 4.69) is 6.58 Å².